The highest BCUT2D eigenvalue weighted by molar-refractivity contribution is 7.09. The molecule has 2 rings (SSSR count). The van der Waals surface area contributed by atoms with Gasteiger partial charge in [-0.05, 0) is 30.0 Å². The second-order valence-electron chi connectivity index (χ2n) is 4.39. The van der Waals surface area contributed by atoms with E-state index in [4.69, 9.17) is 10.9 Å². The zero-order valence-corrected chi connectivity index (χ0v) is 11.8. The summed E-state index contributed by atoms with van der Waals surface area (Å²) in [6, 6.07) is 9.93. The van der Waals surface area contributed by atoms with Crippen molar-refractivity contribution in [3.8, 4) is 0 Å². The summed E-state index contributed by atoms with van der Waals surface area (Å²) in [6.45, 7) is 2.82. The van der Waals surface area contributed by atoms with Gasteiger partial charge in [0.2, 0.25) is 0 Å². The lowest BCUT2D eigenvalue weighted by molar-refractivity contribution is 0.318. The number of thiophene rings is 1. The van der Waals surface area contributed by atoms with Gasteiger partial charge in [0.05, 0.1) is 12.2 Å². The lowest BCUT2D eigenvalue weighted by Crippen LogP contribution is -2.23. The van der Waals surface area contributed by atoms with Crippen LogP contribution in [-0.4, -0.2) is 18.1 Å². The fraction of sp³-hybridized carbons (Fsp3) is 0.214. The minimum absolute atomic E-state index is 0.136. The maximum atomic E-state index is 8.89. The molecule has 5 heteroatoms. The van der Waals surface area contributed by atoms with Gasteiger partial charge in [-0.15, -0.1) is 11.3 Å². The van der Waals surface area contributed by atoms with Crippen LogP contribution in [0.15, 0.2) is 40.9 Å². The molecule has 19 heavy (non-hydrogen) atoms. The van der Waals surface area contributed by atoms with Gasteiger partial charge in [0, 0.05) is 17.5 Å². The maximum Gasteiger partial charge on any atom is 0.172 e. The third-order valence-corrected chi connectivity index (χ3v) is 3.84. The fourth-order valence-electron chi connectivity index (χ4n) is 2.14. The average Bonchev–Trinajstić information content (AvgIpc) is 2.90. The molecular formula is C14H17N3OS. The molecule has 0 fully saturated rings. The van der Waals surface area contributed by atoms with E-state index in [0.717, 1.165) is 23.4 Å². The van der Waals surface area contributed by atoms with E-state index >= 15 is 0 Å². The molecule has 0 aliphatic heterocycles. The van der Waals surface area contributed by atoms with E-state index in [2.05, 4.69) is 21.5 Å². The predicted octanol–water partition coefficient (Wildman–Crippen LogP) is 2.79. The Morgan fingerprint density at radius 1 is 1.37 bits per heavy atom. The summed E-state index contributed by atoms with van der Waals surface area (Å²) in [5.74, 6) is 0.136. The largest absolute Gasteiger partial charge is 0.409 e. The van der Waals surface area contributed by atoms with Crippen LogP contribution in [0.1, 0.15) is 16.0 Å². The van der Waals surface area contributed by atoms with Gasteiger partial charge in [0.25, 0.3) is 0 Å². The first-order chi connectivity index (χ1) is 9.13. The highest BCUT2D eigenvalue weighted by atomic mass is 32.1. The van der Waals surface area contributed by atoms with Gasteiger partial charge in [0.1, 0.15) is 0 Å². The van der Waals surface area contributed by atoms with Gasteiger partial charge >= 0.3 is 0 Å². The van der Waals surface area contributed by atoms with E-state index in [9.17, 15) is 0 Å². The van der Waals surface area contributed by atoms with Crippen molar-refractivity contribution < 1.29 is 5.21 Å². The van der Waals surface area contributed by atoms with Crippen molar-refractivity contribution in [1.82, 2.24) is 0 Å². The molecule has 0 amide bonds. The van der Waals surface area contributed by atoms with Crippen LogP contribution in [0.3, 0.4) is 0 Å². The van der Waals surface area contributed by atoms with E-state index in [-0.39, 0.29) is 5.84 Å². The van der Waals surface area contributed by atoms with E-state index in [1.54, 1.807) is 11.3 Å². The number of oxime groups is 1. The van der Waals surface area contributed by atoms with Crippen LogP contribution in [0.4, 0.5) is 5.69 Å². The highest BCUT2D eigenvalue weighted by Crippen LogP contribution is 2.26. The summed E-state index contributed by atoms with van der Waals surface area (Å²) in [7, 11) is 2.01. The Balaban J connectivity index is 2.37. The summed E-state index contributed by atoms with van der Waals surface area (Å²) >= 11 is 1.72. The number of hydrogen-bond acceptors (Lipinski definition) is 4. The first-order valence-corrected chi connectivity index (χ1v) is 6.82. The van der Waals surface area contributed by atoms with Crippen molar-refractivity contribution in [1.29, 1.82) is 0 Å². The lowest BCUT2D eigenvalue weighted by atomic mass is 10.1. The second kappa shape index (κ2) is 5.75. The van der Waals surface area contributed by atoms with Gasteiger partial charge in [0.15, 0.2) is 5.84 Å². The molecule has 0 aliphatic rings. The fourth-order valence-corrected chi connectivity index (χ4v) is 2.90. The molecule has 0 unspecified atom stereocenters. The summed E-state index contributed by atoms with van der Waals surface area (Å²) < 4.78 is 0. The number of hydrogen-bond donors (Lipinski definition) is 2. The molecule has 100 valence electrons. The molecule has 0 bridgehead atoms. The number of benzene rings is 1. The first-order valence-electron chi connectivity index (χ1n) is 5.94. The normalized spacial score (nSPS) is 11.6. The van der Waals surface area contributed by atoms with Crippen molar-refractivity contribution in [3.05, 3.63) is 51.7 Å². The van der Waals surface area contributed by atoms with E-state index in [1.165, 1.54) is 4.88 Å². The predicted molar refractivity (Wildman–Crippen MR) is 80.1 cm³/mol. The molecule has 0 atom stereocenters. The Kier molecular flexibility index (Phi) is 4.06. The van der Waals surface area contributed by atoms with Gasteiger partial charge in [-0.1, -0.05) is 23.4 Å². The molecule has 0 spiro atoms. The number of aryl methyl sites for hydroxylation is 1. The molecule has 2 aromatic rings. The lowest BCUT2D eigenvalue weighted by Gasteiger charge is -2.23. The number of amidine groups is 1. The molecule has 0 aliphatic carbocycles. The van der Waals surface area contributed by atoms with Crippen molar-refractivity contribution >= 4 is 22.9 Å². The zero-order valence-electron chi connectivity index (χ0n) is 11.0. The second-order valence-corrected chi connectivity index (χ2v) is 5.42. The molecule has 3 N–H and O–H groups in total. The van der Waals surface area contributed by atoms with Crippen LogP contribution in [0.5, 0.6) is 0 Å². The van der Waals surface area contributed by atoms with Crippen LogP contribution < -0.4 is 10.6 Å². The molecule has 4 nitrogen and oxygen atoms in total. The zero-order chi connectivity index (χ0) is 13.8. The summed E-state index contributed by atoms with van der Waals surface area (Å²) in [4.78, 5) is 3.39. The number of nitrogens with two attached hydrogens (primary N) is 1. The third-order valence-electron chi connectivity index (χ3n) is 2.98. The Morgan fingerprint density at radius 3 is 2.79 bits per heavy atom. The average molecular weight is 275 g/mol. The molecule has 1 aromatic heterocycles. The first kappa shape index (κ1) is 13.4. The van der Waals surface area contributed by atoms with Gasteiger partial charge in [-0.3, -0.25) is 0 Å². The number of para-hydroxylation sites is 1. The summed E-state index contributed by atoms with van der Waals surface area (Å²) in [6.07, 6.45) is 0. The molecular weight excluding hydrogens is 258 g/mol. The highest BCUT2D eigenvalue weighted by Gasteiger charge is 2.14. The Hall–Kier alpha value is -2.01. The monoisotopic (exact) mass is 275 g/mol. The van der Waals surface area contributed by atoms with Gasteiger partial charge < -0.3 is 15.8 Å². The topological polar surface area (TPSA) is 61.9 Å². The van der Waals surface area contributed by atoms with Crippen LogP contribution in [0.25, 0.3) is 0 Å². The molecule has 0 saturated carbocycles. The Labute approximate surface area is 116 Å². The van der Waals surface area contributed by atoms with Crippen LogP contribution in [0.2, 0.25) is 0 Å². The Morgan fingerprint density at radius 2 is 2.16 bits per heavy atom. The van der Waals surface area contributed by atoms with Crippen molar-refractivity contribution in [2.24, 2.45) is 10.9 Å². The number of nitrogens with zero attached hydrogens (tertiary/aromatic N) is 2. The molecule has 0 radical (unpaired) electrons. The smallest absolute Gasteiger partial charge is 0.172 e. The summed E-state index contributed by atoms with van der Waals surface area (Å²) in [5.41, 5.74) is 8.59. The number of anilines is 1. The minimum atomic E-state index is 0.136. The standard InChI is InChI=1S/C14H17N3OS/c1-10-5-3-7-12(14(15)16-18)13(10)17(2)9-11-6-4-8-19-11/h3-8,18H,9H2,1-2H3,(H2,15,16). The minimum Gasteiger partial charge on any atom is -0.409 e. The van der Waals surface area contributed by atoms with E-state index in [1.807, 2.05) is 38.2 Å². The van der Waals surface area contributed by atoms with Crippen molar-refractivity contribution in [2.75, 3.05) is 11.9 Å². The van der Waals surface area contributed by atoms with Gasteiger partial charge in [-0.25, -0.2) is 0 Å². The van der Waals surface area contributed by atoms with Crippen molar-refractivity contribution in [2.45, 2.75) is 13.5 Å². The van der Waals surface area contributed by atoms with Crippen LogP contribution in [-0.2, 0) is 6.54 Å². The van der Waals surface area contributed by atoms with Crippen LogP contribution in [0, 0.1) is 6.92 Å². The number of rotatable bonds is 4. The van der Waals surface area contributed by atoms with E-state index in [0.29, 0.717) is 0 Å². The maximum absolute atomic E-state index is 8.89. The SMILES string of the molecule is Cc1cccc(/C(N)=N/O)c1N(C)Cc1cccs1. The third kappa shape index (κ3) is 2.88. The summed E-state index contributed by atoms with van der Waals surface area (Å²) in [5, 5.41) is 14.1. The van der Waals surface area contributed by atoms with Gasteiger partial charge in [-0.2, -0.15) is 0 Å². The van der Waals surface area contributed by atoms with E-state index < -0.39 is 0 Å². The van der Waals surface area contributed by atoms with Crippen LogP contribution >= 0.6 is 11.3 Å². The Bertz CT molecular complexity index is 578. The molecule has 1 aromatic carbocycles. The molecule has 1 heterocycles. The van der Waals surface area contributed by atoms with Crippen molar-refractivity contribution in [3.63, 3.8) is 0 Å². The quantitative estimate of drug-likeness (QED) is 0.390. The molecule has 0 saturated heterocycles.